The molecule has 0 unspecified atom stereocenters. The Morgan fingerprint density at radius 3 is 2.12 bits per heavy atom. The number of phenols is 1. The quantitative estimate of drug-likeness (QED) is 0.673. The fraction of sp³-hybridized carbons (Fsp3) is 0. The lowest BCUT2D eigenvalue weighted by molar-refractivity contribution is 0.476. The lowest BCUT2D eigenvalue weighted by atomic mass is 10.1. The van der Waals surface area contributed by atoms with E-state index in [1.807, 2.05) is 0 Å². The summed E-state index contributed by atoms with van der Waals surface area (Å²) in [5, 5.41) is 10.9. The van der Waals surface area contributed by atoms with Crippen LogP contribution >= 0.6 is 46.4 Å². The lowest BCUT2D eigenvalue weighted by Gasteiger charge is -2.09. The maximum Gasteiger partial charge on any atom is 0.134 e. The molecule has 0 heterocycles. The molecule has 0 spiro atoms. The largest absolute Gasteiger partial charge is 0.506 e. The van der Waals surface area contributed by atoms with E-state index in [2.05, 4.69) is 0 Å². The van der Waals surface area contributed by atoms with Gasteiger partial charge < -0.3 is 5.11 Å². The third kappa shape index (κ3) is 2.48. The van der Waals surface area contributed by atoms with Crippen LogP contribution in [0.15, 0.2) is 30.3 Å². The average Bonchev–Trinajstić information content (AvgIpc) is 2.28. The van der Waals surface area contributed by atoms with Crippen LogP contribution in [0.3, 0.4) is 0 Å². The van der Waals surface area contributed by atoms with Crippen LogP contribution in [-0.2, 0) is 0 Å². The Bertz CT molecular complexity index is 581. The van der Waals surface area contributed by atoms with Crippen molar-refractivity contribution in [2.75, 3.05) is 0 Å². The zero-order valence-corrected chi connectivity index (χ0v) is 11.4. The zero-order valence-electron chi connectivity index (χ0n) is 8.35. The van der Waals surface area contributed by atoms with E-state index in [1.165, 1.54) is 6.07 Å². The van der Waals surface area contributed by atoms with E-state index in [4.69, 9.17) is 46.4 Å². The van der Waals surface area contributed by atoms with Gasteiger partial charge in [-0.1, -0.05) is 58.5 Å². The highest BCUT2D eigenvalue weighted by atomic mass is 35.5. The van der Waals surface area contributed by atoms with Crippen molar-refractivity contribution in [3.05, 3.63) is 50.4 Å². The van der Waals surface area contributed by atoms with Crippen LogP contribution in [0.2, 0.25) is 20.1 Å². The van der Waals surface area contributed by atoms with E-state index in [0.29, 0.717) is 26.2 Å². The van der Waals surface area contributed by atoms with Gasteiger partial charge in [0.25, 0.3) is 0 Å². The number of hydrogen-bond donors (Lipinski definition) is 1. The van der Waals surface area contributed by atoms with Gasteiger partial charge in [0.15, 0.2) is 0 Å². The Kier molecular flexibility index (Phi) is 3.74. The average molecular weight is 308 g/mol. The van der Waals surface area contributed by atoms with E-state index >= 15 is 0 Å². The summed E-state index contributed by atoms with van der Waals surface area (Å²) in [5.74, 6) is -0.00805. The molecular formula is C12H6Cl4O. The lowest BCUT2D eigenvalue weighted by Crippen LogP contribution is -1.83. The number of halogens is 4. The van der Waals surface area contributed by atoms with Crippen LogP contribution in [0.1, 0.15) is 0 Å². The Balaban J connectivity index is 2.69. The second-order valence-electron chi connectivity index (χ2n) is 3.38. The molecule has 0 bridgehead atoms. The molecule has 2 aromatic rings. The maximum atomic E-state index is 9.54. The van der Waals surface area contributed by atoms with Crippen molar-refractivity contribution < 1.29 is 5.11 Å². The number of phenolic OH excluding ortho intramolecular Hbond substituents is 1. The van der Waals surface area contributed by atoms with Crippen molar-refractivity contribution in [1.29, 1.82) is 0 Å². The van der Waals surface area contributed by atoms with Crippen LogP contribution < -0.4 is 0 Å². The SMILES string of the molecule is Oc1cccc(-c2cc(Cl)c(Cl)cc2Cl)c1Cl. The first-order valence-corrected chi connectivity index (χ1v) is 6.14. The second kappa shape index (κ2) is 4.95. The Morgan fingerprint density at radius 2 is 1.41 bits per heavy atom. The predicted molar refractivity (Wildman–Crippen MR) is 73.6 cm³/mol. The number of aromatic hydroxyl groups is 1. The minimum absolute atomic E-state index is 0.00805. The minimum atomic E-state index is -0.00805. The van der Waals surface area contributed by atoms with Crippen LogP contribution in [0.4, 0.5) is 0 Å². The van der Waals surface area contributed by atoms with Gasteiger partial charge in [0, 0.05) is 11.1 Å². The summed E-state index contributed by atoms with van der Waals surface area (Å²) in [5.41, 5.74) is 1.23. The van der Waals surface area contributed by atoms with E-state index in [1.54, 1.807) is 24.3 Å². The summed E-state index contributed by atoms with van der Waals surface area (Å²) in [7, 11) is 0. The van der Waals surface area contributed by atoms with E-state index in [9.17, 15) is 5.11 Å². The summed E-state index contributed by atoms with van der Waals surface area (Å²) >= 11 is 23.9. The van der Waals surface area contributed by atoms with Gasteiger partial charge in [-0.3, -0.25) is 0 Å². The number of rotatable bonds is 1. The van der Waals surface area contributed by atoms with Crippen molar-refractivity contribution in [3.63, 3.8) is 0 Å². The third-order valence-corrected chi connectivity index (χ3v) is 3.71. The molecule has 0 aliphatic rings. The van der Waals surface area contributed by atoms with Crippen LogP contribution in [0.25, 0.3) is 11.1 Å². The van der Waals surface area contributed by atoms with Crippen molar-refractivity contribution in [2.24, 2.45) is 0 Å². The monoisotopic (exact) mass is 306 g/mol. The molecule has 88 valence electrons. The van der Waals surface area contributed by atoms with Gasteiger partial charge in [-0.05, 0) is 18.2 Å². The standard InChI is InChI=1S/C12H6Cl4O/c13-8-5-10(15)9(14)4-7(8)6-2-1-3-11(17)12(6)16/h1-5,17H. The normalized spacial score (nSPS) is 10.6. The molecule has 2 aromatic carbocycles. The molecular weight excluding hydrogens is 302 g/mol. The molecule has 0 saturated carbocycles. The minimum Gasteiger partial charge on any atom is -0.506 e. The molecule has 17 heavy (non-hydrogen) atoms. The summed E-state index contributed by atoms with van der Waals surface area (Å²) in [4.78, 5) is 0. The molecule has 0 aromatic heterocycles. The zero-order chi connectivity index (χ0) is 12.6. The molecule has 0 radical (unpaired) electrons. The summed E-state index contributed by atoms with van der Waals surface area (Å²) in [6.07, 6.45) is 0. The van der Waals surface area contributed by atoms with Gasteiger partial charge in [-0.15, -0.1) is 0 Å². The van der Waals surface area contributed by atoms with Gasteiger partial charge in [-0.25, -0.2) is 0 Å². The number of hydrogen-bond acceptors (Lipinski definition) is 1. The van der Waals surface area contributed by atoms with Crippen LogP contribution in [0.5, 0.6) is 5.75 Å². The molecule has 1 nitrogen and oxygen atoms in total. The molecule has 0 atom stereocenters. The predicted octanol–water partition coefficient (Wildman–Crippen LogP) is 5.67. The van der Waals surface area contributed by atoms with Crippen LogP contribution in [-0.4, -0.2) is 5.11 Å². The third-order valence-electron chi connectivity index (χ3n) is 2.28. The van der Waals surface area contributed by atoms with Gasteiger partial charge in [0.2, 0.25) is 0 Å². The smallest absolute Gasteiger partial charge is 0.134 e. The van der Waals surface area contributed by atoms with Gasteiger partial charge in [0.05, 0.1) is 20.1 Å². The highest BCUT2D eigenvalue weighted by Crippen LogP contribution is 2.40. The highest BCUT2D eigenvalue weighted by Gasteiger charge is 2.12. The van der Waals surface area contributed by atoms with Crippen molar-refractivity contribution in [1.82, 2.24) is 0 Å². The molecule has 2 rings (SSSR count). The molecule has 1 N–H and O–H groups in total. The molecule has 0 saturated heterocycles. The molecule has 0 amide bonds. The van der Waals surface area contributed by atoms with E-state index < -0.39 is 0 Å². The van der Waals surface area contributed by atoms with Gasteiger partial charge >= 0.3 is 0 Å². The molecule has 0 aliphatic carbocycles. The second-order valence-corrected chi connectivity index (χ2v) is 4.98. The van der Waals surface area contributed by atoms with Crippen molar-refractivity contribution >= 4 is 46.4 Å². The topological polar surface area (TPSA) is 20.2 Å². The summed E-state index contributed by atoms with van der Waals surface area (Å²) in [6, 6.07) is 8.08. The first-order valence-electron chi connectivity index (χ1n) is 4.63. The van der Waals surface area contributed by atoms with Crippen LogP contribution in [0, 0.1) is 0 Å². The van der Waals surface area contributed by atoms with E-state index in [0.717, 1.165) is 0 Å². The van der Waals surface area contributed by atoms with Crippen molar-refractivity contribution in [2.45, 2.75) is 0 Å². The number of benzene rings is 2. The first-order chi connectivity index (χ1) is 8.00. The fourth-order valence-corrected chi connectivity index (χ4v) is 2.33. The Hall–Kier alpha value is -0.600. The molecule has 0 aliphatic heterocycles. The van der Waals surface area contributed by atoms with Crippen molar-refractivity contribution in [3.8, 4) is 16.9 Å². The van der Waals surface area contributed by atoms with Gasteiger partial charge in [0.1, 0.15) is 5.75 Å². The maximum absolute atomic E-state index is 9.54. The Labute approximate surface area is 118 Å². The summed E-state index contributed by atoms with van der Waals surface area (Å²) < 4.78 is 0. The molecule has 5 heteroatoms. The fourth-order valence-electron chi connectivity index (χ4n) is 1.46. The van der Waals surface area contributed by atoms with E-state index in [-0.39, 0.29) is 10.8 Å². The molecule has 0 fully saturated rings. The first kappa shape index (κ1) is 12.8. The summed E-state index contributed by atoms with van der Waals surface area (Å²) in [6.45, 7) is 0. The highest BCUT2D eigenvalue weighted by molar-refractivity contribution is 6.44. The van der Waals surface area contributed by atoms with Gasteiger partial charge in [-0.2, -0.15) is 0 Å². The Morgan fingerprint density at radius 1 is 0.765 bits per heavy atom.